The van der Waals surface area contributed by atoms with Crippen molar-refractivity contribution in [2.24, 2.45) is 0 Å². The van der Waals surface area contributed by atoms with Gasteiger partial charge in [0, 0.05) is 23.1 Å². The highest BCUT2D eigenvalue weighted by molar-refractivity contribution is 6.03. The lowest BCUT2D eigenvalue weighted by molar-refractivity contribution is 1.07. The van der Waals surface area contributed by atoms with Gasteiger partial charge in [-0.25, -0.2) is 9.97 Å². The van der Waals surface area contributed by atoms with E-state index in [0.717, 1.165) is 39.4 Å². The summed E-state index contributed by atoms with van der Waals surface area (Å²) in [6.45, 7) is 4.19. The van der Waals surface area contributed by atoms with Gasteiger partial charge in [0.1, 0.15) is 12.1 Å². The fraction of sp³-hybridized carbons (Fsp3) is 0.0769. The van der Waals surface area contributed by atoms with Crippen molar-refractivity contribution < 1.29 is 0 Å². The number of nitrogens with zero attached hydrogens (tertiary/aromatic N) is 3. The van der Waals surface area contributed by atoms with Crippen LogP contribution in [0.5, 0.6) is 0 Å². The molecule has 2 heterocycles. The van der Waals surface area contributed by atoms with Crippen LogP contribution in [0.1, 0.15) is 11.1 Å². The second kappa shape index (κ2) is 7.48. The molecule has 3 aromatic carbocycles. The van der Waals surface area contributed by atoms with Gasteiger partial charge in [0.15, 0.2) is 5.65 Å². The van der Waals surface area contributed by atoms with E-state index in [2.05, 4.69) is 107 Å². The summed E-state index contributed by atoms with van der Waals surface area (Å²) in [6.07, 6.45) is 3.78. The van der Waals surface area contributed by atoms with Crippen LogP contribution >= 0.6 is 0 Å². The number of aryl methyl sites for hydroxylation is 2. The van der Waals surface area contributed by atoms with Gasteiger partial charge in [0.2, 0.25) is 0 Å². The first-order valence-corrected chi connectivity index (χ1v) is 10.0. The molecule has 1 N–H and O–H groups in total. The summed E-state index contributed by atoms with van der Waals surface area (Å²) in [6, 6.07) is 27.2. The first kappa shape index (κ1) is 18.1. The maximum absolute atomic E-state index is 4.67. The van der Waals surface area contributed by atoms with Crippen molar-refractivity contribution in [1.82, 2.24) is 14.5 Å². The fourth-order valence-electron chi connectivity index (χ4n) is 3.83. The number of nitrogens with one attached hydrogen (secondary N) is 1. The number of fused-ring (bicyclic) bond motifs is 1. The van der Waals surface area contributed by atoms with Crippen LogP contribution in [0, 0.1) is 13.8 Å². The second-order valence-electron chi connectivity index (χ2n) is 7.53. The zero-order chi connectivity index (χ0) is 20.5. The quantitative estimate of drug-likeness (QED) is 0.383. The monoisotopic (exact) mass is 390 g/mol. The van der Waals surface area contributed by atoms with E-state index >= 15 is 0 Å². The Hall–Kier alpha value is -3.92. The lowest BCUT2D eigenvalue weighted by Gasteiger charge is -2.09. The largest absolute Gasteiger partial charge is 0.340 e. The molecular weight excluding hydrogens is 368 g/mol. The van der Waals surface area contributed by atoms with Crippen molar-refractivity contribution in [3.8, 4) is 16.8 Å². The van der Waals surface area contributed by atoms with E-state index in [0.29, 0.717) is 0 Å². The smallest absolute Gasteiger partial charge is 0.150 e. The molecule has 4 nitrogen and oxygen atoms in total. The van der Waals surface area contributed by atoms with Crippen LogP contribution < -0.4 is 5.32 Å². The molecule has 0 spiro atoms. The van der Waals surface area contributed by atoms with Gasteiger partial charge in [-0.1, -0.05) is 54.6 Å². The topological polar surface area (TPSA) is 42.7 Å². The molecule has 0 saturated carbocycles. The van der Waals surface area contributed by atoms with E-state index < -0.39 is 0 Å². The Morgan fingerprint density at radius 1 is 0.767 bits per heavy atom. The Labute approximate surface area is 175 Å². The van der Waals surface area contributed by atoms with Crippen molar-refractivity contribution in [1.29, 1.82) is 0 Å². The molecule has 2 aromatic heterocycles. The van der Waals surface area contributed by atoms with Gasteiger partial charge >= 0.3 is 0 Å². The Kier molecular flexibility index (Phi) is 4.52. The molecule has 0 amide bonds. The third kappa shape index (κ3) is 3.33. The molecule has 0 aliphatic heterocycles. The van der Waals surface area contributed by atoms with E-state index in [4.69, 9.17) is 0 Å². The van der Waals surface area contributed by atoms with E-state index in [1.54, 1.807) is 6.33 Å². The Bertz CT molecular complexity index is 1340. The number of hydrogen-bond acceptors (Lipinski definition) is 3. The summed E-state index contributed by atoms with van der Waals surface area (Å²) in [5.41, 5.74) is 7.62. The minimum Gasteiger partial charge on any atom is -0.340 e. The summed E-state index contributed by atoms with van der Waals surface area (Å²) >= 11 is 0. The van der Waals surface area contributed by atoms with Crippen LogP contribution in [0.3, 0.4) is 0 Å². The summed E-state index contributed by atoms with van der Waals surface area (Å²) < 4.78 is 2.15. The van der Waals surface area contributed by atoms with Gasteiger partial charge in [-0.05, 0) is 54.8 Å². The van der Waals surface area contributed by atoms with Crippen LogP contribution in [0.15, 0.2) is 91.4 Å². The van der Waals surface area contributed by atoms with E-state index in [1.165, 1.54) is 11.1 Å². The van der Waals surface area contributed by atoms with Crippen molar-refractivity contribution >= 4 is 22.5 Å². The van der Waals surface area contributed by atoms with Gasteiger partial charge in [-0.3, -0.25) is 0 Å². The van der Waals surface area contributed by atoms with Crippen LogP contribution in [0.25, 0.3) is 27.8 Å². The number of rotatable bonds is 4. The van der Waals surface area contributed by atoms with Crippen molar-refractivity contribution in [3.63, 3.8) is 0 Å². The van der Waals surface area contributed by atoms with Crippen molar-refractivity contribution in [2.45, 2.75) is 13.8 Å². The summed E-state index contributed by atoms with van der Waals surface area (Å²) in [5, 5.41) is 4.52. The van der Waals surface area contributed by atoms with Gasteiger partial charge in [0.05, 0.1) is 5.39 Å². The molecule has 0 fully saturated rings. The highest BCUT2D eigenvalue weighted by Gasteiger charge is 2.17. The SMILES string of the molecule is Cc1cccc(Nc2ncnc3c2c(-c2ccccc2)cn3-c2cccc(C)c2)c1. The fourth-order valence-corrected chi connectivity index (χ4v) is 3.83. The maximum Gasteiger partial charge on any atom is 0.150 e. The molecule has 0 bridgehead atoms. The summed E-state index contributed by atoms with van der Waals surface area (Å²) in [5.74, 6) is 0.802. The van der Waals surface area contributed by atoms with Gasteiger partial charge in [-0.15, -0.1) is 0 Å². The maximum atomic E-state index is 4.67. The summed E-state index contributed by atoms with van der Waals surface area (Å²) in [7, 11) is 0. The lowest BCUT2D eigenvalue weighted by Crippen LogP contribution is -1.98. The molecular formula is C26H22N4. The minimum absolute atomic E-state index is 0.802. The first-order chi connectivity index (χ1) is 14.7. The van der Waals surface area contributed by atoms with Crippen LogP contribution in [-0.4, -0.2) is 14.5 Å². The highest BCUT2D eigenvalue weighted by atomic mass is 15.1. The molecule has 0 aliphatic rings. The predicted molar refractivity (Wildman–Crippen MR) is 123 cm³/mol. The van der Waals surface area contributed by atoms with Gasteiger partial charge in [-0.2, -0.15) is 0 Å². The molecule has 30 heavy (non-hydrogen) atoms. The molecule has 5 aromatic rings. The van der Waals surface area contributed by atoms with Crippen molar-refractivity contribution in [3.05, 3.63) is 103 Å². The van der Waals surface area contributed by atoms with Crippen LogP contribution in [0.4, 0.5) is 11.5 Å². The van der Waals surface area contributed by atoms with Crippen LogP contribution in [0.2, 0.25) is 0 Å². The molecule has 0 aliphatic carbocycles. The lowest BCUT2D eigenvalue weighted by atomic mass is 10.1. The number of hydrogen-bond donors (Lipinski definition) is 1. The third-order valence-electron chi connectivity index (χ3n) is 5.23. The molecule has 5 rings (SSSR count). The Morgan fingerprint density at radius 2 is 1.53 bits per heavy atom. The zero-order valence-electron chi connectivity index (χ0n) is 17.0. The Morgan fingerprint density at radius 3 is 2.30 bits per heavy atom. The molecule has 0 radical (unpaired) electrons. The number of anilines is 2. The van der Waals surface area contributed by atoms with E-state index in [-0.39, 0.29) is 0 Å². The van der Waals surface area contributed by atoms with Gasteiger partial charge in [0.25, 0.3) is 0 Å². The standard InChI is InChI=1S/C26H22N4/c1-18-8-6-12-21(14-18)29-25-24-23(20-10-4-3-5-11-20)16-30(26(24)28-17-27-25)22-13-7-9-19(2)15-22/h3-17H,1-2H3,(H,27,28,29). The predicted octanol–water partition coefficient (Wildman–Crippen LogP) is 6.45. The first-order valence-electron chi connectivity index (χ1n) is 10.0. The molecule has 0 unspecified atom stereocenters. The molecule has 0 atom stereocenters. The van der Waals surface area contributed by atoms with Crippen LogP contribution in [-0.2, 0) is 0 Å². The minimum atomic E-state index is 0.802. The zero-order valence-corrected chi connectivity index (χ0v) is 17.0. The molecule has 146 valence electrons. The highest BCUT2D eigenvalue weighted by Crippen LogP contribution is 2.36. The Balaban J connectivity index is 1.76. The van der Waals surface area contributed by atoms with Gasteiger partial charge < -0.3 is 9.88 Å². The van der Waals surface area contributed by atoms with Crippen molar-refractivity contribution in [2.75, 3.05) is 5.32 Å². The van der Waals surface area contributed by atoms with E-state index in [9.17, 15) is 0 Å². The second-order valence-corrected chi connectivity index (χ2v) is 7.53. The number of benzene rings is 3. The molecule has 4 heteroatoms. The third-order valence-corrected chi connectivity index (χ3v) is 5.23. The normalized spacial score (nSPS) is 11.0. The van der Waals surface area contributed by atoms with E-state index in [1.807, 2.05) is 12.1 Å². The average Bonchev–Trinajstić information content (AvgIpc) is 3.15. The summed E-state index contributed by atoms with van der Waals surface area (Å²) in [4.78, 5) is 9.27. The number of aromatic nitrogens is 3. The average molecular weight is 390 g/mol. The molecule has 0 saturated heterocycles.